The van der Waals surface area contributed by atoms with Gasteiger partial charge < -0.3 is 9.32 Å². The molecule has 1 aliphatic heterocycles. The summed E-state index contributed by atoms with van der Waals surface area (Å²) in [4.78, 5) is 37.9. The zero-order valence-corrected chi connectivity index (χ0v) is 18.6. The summed E-state index contributed by atoms with van der Waals surface area (Å²) < 4.78 is 5.91. The largest absolute Gasteiger partial charge is 0.455 e. The maximum absolute atomic E-state index is 12.9. The van der Waals surface area contributed by atoms with Gasteiger partial charge >= 0.3 is 5.91 Å². The predicted molar refractivity (Wildman–Crippen MR) is 120 cm³/mol. The Morgan fingerprint density at radius 3 is 2.64 bits per heavy atom. The number of aryl methyl sites for hydroxylation is 1. The van der Waals surface area contributed by atoms with Crippen molar-refractivity contribution in [2.24, 2.45) is 5.10 Å². The van der Waals surface area contributed by atoms with Crippen LogP contribution in [0.15, 0.2) is 33.8 Å². The maximum atomic E-state index is 12.9. The van der Waals surface area contributed by atoms with Gasteiger partial charge in [-0.1, -0.05) is 6.07 Å². The first-order valence-corrected chi connectivity index (χ1v) is 10.8. The molecule has 1 aromatic carbocycles. The Morgan fingerprint density at radius 2 is 1.91 bits per heavy atom. The van der Waals surface area contributed by atoms with Crippen LogP contribution in [-0.2, 0) is 6.42 Å². The molecule has 174 valence electrons. The van der Waals surface area contributed by atoms with Crippen molar-refractivity contribution in [1.82, 2.24) is 20.8 Å². The lowest BCUT2D eigenvalue weighted by Crippen LogP contribution is -2.52. The minimum absolute atomic E-state index is 0.140. The molecular weight excluding hydrogens is 428 g/mol. The SMILES string of the molecule is Cc1c(C(=O)NN2CCN(C)CC2)oc2c1/C(=N/NC(=O)c1cccc([N+](=O)[O-])c1)CCC2. The van der Waals surface area contributed by atoms with E-state index in [1.165, 1.54) is 24.3 Å². The topological polar surface area (TPSA) is 133 Å². The second-order valence-electron chi connectivity index (χ2n) is 8.25. The minimum Gasteiger partial charge on any atom is -0.455 e. The number of amides is 2. The van der Waals surface area contributed by atoms with E-state index < -0.39 is 10.8 Å². The van der Waals surface area contributed by atoms with Crippen LogP contribution in [0.3, 0.4) is 0 Å². The van der Waals surface area contributed by atoms with Gasteiger partial charge in [-0.2, -0.15) is 5.10 Å². The molecule has 1 saturated heterocycles. The molecule has 2 heterocycles. The fourth-order valence-electron chi connectivity index (χ4n) is 4.05. The Morgan fingerprint density at radius 1 is 1.15 bits per heavy atom. The maximum Gasteiger partial charge on any atom is 0.301 e. The van der Waals surface area contributed by atoms with E-state index in [1.807, 2.05) is 19.0 Å². The third-order valence-electron chi connectivity index (χ3n) is 5.91. The molecule has 4 rings (SSSR count). The normalized spacial score (nSPS) is 18.1. The summed E-state index contributed by atoms with van der Waals surface area (Å²) in [5.41, 5.74) is 7.41. The van der Waals surface area contributed by atoms with Gasteiger partial charge in [-0.15, -0.1) is 0 Å². The van der Waals surface area contributed by atoms with Gasteiger partial charge in [0, 0.05) is 61.4 Å². The van der Waals surface area contributed by atoms with Gasteiger partial charge in [0.1, 0.15) is 5.76 Å². The molecule has 1 aliphatic carbocycles. The third kappa shape index (κ3) is 4.94. The Kier molecular flexibility index (Phi) is 6.52. The summed E-state index contributed by atoms with van der Waals surface area (Å²) >= 11 is 0. The third-order valence-corrected chi connectivity index (χ3v) is 5.91. The van der Waals surface area contributed by atoms with Crippen molar-refractivity contribution < 1.29 is 18.9 Å². The van der Waals surface area contributed by atoms with Crippen molar-refractivity contribution in [2.75, 3.05) is 33.2 Å². The first kappa shape index (κ1) is 22.6. The highest BCUT2D eigenvalue weighted by atomic mass is 16.6. The van der Waals surface area contributed by atoms with E-state index in [4.69, 9.17) is 4.42 Å². The first-order chi connectivity index (χ1) is 15.8. The summed E-state index contributed by atoms with van der Waals surface area (Å²) in [6, 6.07) is 5.45. The standard InChI is InChI=1S/C22H26N6O5/c1-14-19-17(23-24-21(29)15-5-3-6-16(13-15)28(31)32)7-4-8-18(19)33-20(14)22(30)25-27-11-9-26(2)10-12-27/h3,5-6,13H,4,7-12H2,1-2H3,(H,24,29)(H,25,30)/b23-17+. The van der Waals surface area contributed by atoms with Crippen LogP contribution in [-0.4, -0.2) is 65.6 Å². The van der Waals surface area contributed by atoms with Crippen LogP contribution in [0.1, 0.15) is 50.6 Å². The van der Waals surface area contributed by atoms with Crippen LogP contribution in [0.5, 0.6) is 0 Å². The molecule has 2 aliphatic rings. The number of hydrazine groups is 1. The van der Waals surface area contributed by atoms with Crippen LogP contribution >= 0.6 is 0 Å². The molecule has 11 heteroatoms. The zero-order chi connectivity index (χ0) is 23.5. The van der Waals surface area contributed by atoms with Crippen molar-refractivity contribution in [3.8, 4) is 0 Å². The monoisotopic (exact) mass is 454 g/mol. The molecule has 2 aromatic rings. The lowest BCUT2D eigenvalue weighted by Gasteiger charge is -2.32. The highest BCUT2D eigenvalue weighted by molar-refractivity contribution is 6.07. The van der Waals surface area contributed by atoms with Crippen molar-refractivity contribution in [3.05, 3.63) is 62.6 Å². The number of rotatable bonds is 5. The van der Waals surface area contributed by atoms with E-state index in [0.29, 0.717) is 29.9 Å². The fourth-order valence-corrected chi connectivity index (χ4v) is 4.05. The van der Waals surface area contributed by atoms with E-state index in [0.717, 1.165) is 38.2 Å². The molecule has 1 aromatic heterocycles. The van der Waals surface area contributed by atoms with Crippen molar-refractivity contribution in [2.45, 2.75) is 26.2 Å². The number of hydrogen-bond acceptors (Lipinski definition) is 8. The van der Waals surface area contributed by atoms with Gasteiger partial charge in [0.25, 0.3) is 11.6 Å². The number of nitrogens with zero attached hydrogens (tertiary/aromatic N) is 4. The number of carbonyl (C=O) groups excluding carboxylic acids is 2. The summed E-state index contributed by atoms with van der Waals surface area (Å²) in [5.74, 6) is 0.0723. The summed E-state index contributed by atoms with van der Waals surface area (Å²) in [6.45, 7) is 5.02. The number of non-ortho nitro benzene ring substituents is 1. The number of likely N-dealkylation sites (N-methyl/N-ethyl adjacent to an activating group) is 1. The van der Waals surface area contributed by atoms with E-state index in [9.17, 15) is 19.7 Å². The number of nitro benzene ring substituents is 1. The zero-order valence-electron chi connectivity index (χ0n) is 18.6. The number of furan rings is 1. The number of hydrazone groups is 1. The molecule has 33 heavy (non-hydrogen) atoms. The minimum atomic E-state index is -0.556. The van der Waals surface area contributed by atoms with Gasteiger partial charge in [0.2, 0.25) is 0 Å². The molecule has 0 spiro atoms. The van der Waals surface area contributed by atoms with Gasteiger partial charge in [0.05, 0.1) is 10.6 Å². The highest BCUT2D eigenvalue weighted by Gasteiger charge is 2.29. The Balaban J connectivity index is 1.50. The second kappa shape index (κ2) is 9.51. The van der Waals surface area contributed by atoms with Crippen molar-refractivity contribution in [1.29, 1.82) is 0 Å². The van der Waals surface area contributed by atoms with Crippen LogP contribution in [0.25, 0.3) is 0 Å². The van der Waals surface area contributed by atoms with E-state index >= 15 is 0 Å². The average molecular weight is 454 g/mol. The number of hydrogen-bond donors (Lipinski definition) is 2. The average Bonchev–Trinajstić information content (AvgIpc) is 3.16. The lowest BCUT2D eigenvalue weighted by molar-refractivity contribution is -0.384. The number of piperazine rings is 1. The Labute approximate surface area is 190 Å². The molecule has 0 atom stereocenters. The van der Waals surface area contributed by atoms with Crippen LogP contribution in [0, 0.1) is 17.0 Å². The smallest absolute Gasteiger partial charge is 0.301 e. The van der Waals surface area contributed by atoms with Crippen LogP contribution in [0.4, 0.5) is 5.69 Å². The number of carbonyl (C=O) groups is 2. The van der Waals surface area contributed by atoms with Crippen LogP contribution in [0.2, 0.25) is 0 Å². The summed E-state index contributed by atoms with van der Waals surface area (Å²) in [6.07, 6.45) is 2.06. The van der Waals surface area contributed by atoms with Gasteiger partial charge in [0.15, 0.2) is 5.76 Å². The predicted octanol–water partition coefficient (Wildman–Crippen LogP) is 1.86. The molecule has 0 radical (unpaired) electrons. The number of nitrogens with one attached hydrogen (secondary N) is 2. The number of benzene rings is 1. The number of nitro groups is 1. The second-order valence-corrected chi connectivity index (χ2v) is 8.25. The van der Waals surface area contributed by atoms with Gasteiger partial charge in [-0.05, 0) is 32.9 Å². The lowest BCUT2D eigenvalue weighted by atomic mass is 9.93. The summed E-state index contributed by atoms with van der Waals surface area (Å²) in [7, 11) is 2.04. The Bertz CT molecular complexity index is 1120. The molecule has 2 N–H and O–H groups in total. The summed E-state index contributed by atoms with van der Waals surface area (Å²) in [5, 5.41) is 17.1. The van der Waals surface area contributed by atoms with E-state index in [1.54, 1.807) is 0 Å². The van der Waals surface area contributed by atoms with Gasteiger partial charge in [-0.3, -0.25) is 25.1 Å². The molecule has 0 unspecified atom stereocenters. The molecule has 11 nitrogen and oxygen atoms in total. The quantitative estimate of drug-likeness (QED) is 0.520. The molecule has 2 amide bonds. The molecular formula is C22H26N6O5. The molecule has 1 fully saturated rings. The first-order valence-electron chi connectivity index (χ1n) is 10.8. The van der Waals surface area contributed by atoms with Crippen LogP contribution < -0.4 is 10.9 Å². The molecule has 0 saturated carbocycles. The Hall–Kier alpha value is -3.57. The van der Waals surface area contributed by atoms with Crippen molar-refractivity contribution in [3.63, 3.8) is 0 Å². The molecule has 0 bridgehead atoms. The van der Waals surface area contributed by atoms with E-state index in [-0.39, 0.29) is 22.9 Å². The fraction of sp³-hybridized carbons (Fsp3) is 0.409. The van der Waals surface area contributed by atoms with Gasteiger partial charge in [-0.25, -0.2) is 10.4 Å². The van der Waals surface area contributed by atoms with E-state index in [2.05, 4.69) is 20.9 Å². The number of fused-ring (bicyclic) bond motifs is 1. The van der Waals surface area contributed by atoms with Crippen molar-refractivity contribution >= 4 is 23.2 Å². The highest BCUT2D eigenvalue weighted by Crippen LogP contribution is 2.30.